The summed E-state index contributed by atoms with van der Waals surface area (Å²) >= 11 is 1.53. The van der Waals surface area contributed by atoms with Gasteiger partial charge in [0, 0.05) is 38.0 Å². The number of hydrogen-bond acceptors (Lipinski definition) is 5. The molecule has 2 rings (SSSR count). The molecule has 0 saturated carbocycles. The third kappa shape index (κ3) is 3.62. The molecular formula is C13H23N3O3S2. The average molecular weight is 333 g/mol. The Morgan fingerprint density at radius 2 is 2.10 bits per heavy atom. The van der Waals surface area contributed by atoms with Crippen LogP contribution in [0, 0.1) is 0 Å². The maximum absolute atomic E-state index is 12.2. The molecule has 120 valence electrons. The Labute approximate surface area is 130 Å². The molecule has 1 aromatic heterocycles. The Kier molecular flexibility index (Phi) is 4.75. The third-order valence-electron chi connectivity index (χ3n) is 3.38. The predicted octanol–water partition coefficient (Wildman–Crippen LogP) is 1.62. The lowest BCUT2D eigenvalue weighted by Gasteiger charge is -2.32. The van der Waals surface area contributed by atoms with E-state index in [4.69, 9.17) is 4.74 Å². The molecule has 0 aliphatic carbocycles. The predicted molar refractivity (Wildman–Crippen MR) is 83.7 cm³/mol. The van der Waals surface area contributed by atoms with Crippen LogP contribution < -0.4 is 0 Å². The molecule has 0 aromatic carbocycles. The van der Waals surface area contributed by atoms with E-state index in [1.54, 1.807) is 14.1 Å². The van der Waals surface area contributed by atoms with Crippen molar-refractivity contribution in [2.24, 2.45) is 0 Å². The fraction of sp³-hybridized carbons (Fsp3) is 0.769. The van der Waals surface area contributed by atoms with Crippen molar-refractivity contribution in [2.45, 2.75) is 32.3 Å². The zero-order chi connectivity index (χ0) is 15.8. The molecule has 0 spiro atoms. The van der Waals surface area contributed by atoms with Gasteiger partial charge in [-0.1, -0.05) is 20.8 Å². The van der Waals surface area contributed by atoms with Crippen LogP contribution >= 0.6 is 11.3 Å². The number of rotatable bonds is 3. The van der Waals surface area contributed by atoms with Gasteiger partial charge >= 0.3 is 0 Å². The highest BCUT2D eigenvalue weighted by atomic mass is 32.2. The largest absolute Gasteiger partial charge is 0.368 e. The van der Waals surface area contributed by atoms with Crippen LogP contribution in [0.15, 0.2) is 5.38 Å². The van der Waals surface area contributed by atoms with Crippen molar-refractivity contribution >= 4 is 21.5 Å². The molecule has 0 radical (unpaired) electrons. The minimum atomic E-state index is -3.40. The van der Waals surface area contributed by atoms with Gasteiger partial charge in [-0.15, -0.1) is 11.3 Å². The molecule has 8 heteroatoms. The van der Waals surface area contributed by atoms with Gasteiger partial charge in [-0.3, -0.25) is 0 Å². The highest BCUT2D eigenvalue weighted by Crippen LogP contribution is 2.30. The van der Waals surface area contributed by atoms with Crippen molar-refractivity contribution in [3.63, 3.8) is 0 Å². The summed E-state index contributed by atoms with van der Waals surface area (Å²) in [6.45, 7) is 7.41. The zero-order valence-corrected chi connectivity index (χ0v) is 14.8. The molecule has 0 bridgehead atoms. The van der Waals surface area contributed by atoms with Crippen LogP contribution in [-0.4, -0.2) is 55.8 Å². The van der Waals surface area contributed by atoms with E-state index in [1.165, 1.54) is 19.9 Å². The summed E-state index contributed by atoms with van der Waals surface area (Å²) in [5.41, 5.74) is 0.998. The normalized spacial score (nSPS) is 21.9. The third-order valence-corrected chi connectivity index (χ3v) is 6.23. The first-order valence-electron chi connectivity index (χ1n) is 6.87. The minimum absolute atomic E-state index is 0.0151. The topological polar surface area (TPSA) is 62.7 Å². The Balaban J connectivity index is 2.17. The lowest BCUT2D eigenvalue weighted by molar-refractivity contribution is -0.00409. The summed E-state index contributed by atoms with van der Waals surface area (Å²) in [5, 5.41) is 2.87. The van der Waals surface area contributed by atoms with E-state index in [0.717, 1.165) is 10.7 Å². The van der Waals surface area contributed by atoms with Crippen LogP contribution in [0.25, 0.3) is 0 Å². The quantitative estimate of drug-likeness (QED) is 0.843. The second-order valence-electron chi connectivity index (χ2n) is 6.33. The highest BCUT2D eigenvalue weighted by molar-refractivity contribution is 7.86. The van der Waals surface area contributed by atoms with E-state index in [1.807, 2.05) is 5.38 Å². The van der Waals surface area contributed by atoms with Crippen LogP contribution in [0.3, 0.4) is 0 Å². The first kappa shape index (κ1) is 16.8. The number of morpholine rings is 1. The molecule has 0 N–H and O–H groups in total. The van der Waals surface area contributed by atoms with Crippen LogP contribution in [0.5, 0.6) is 0 Å². The van der Waals surface area contributed by atoms with Gasteiger partial charge < -0.3 is 4.74 Å². The van der Waals surface area contributed by atoms with Gasteiger partial charge in [-0.2, -0.15) is 17.0 Å². The van der Waals surface area contributed by atoms with Gasteiger partial charge in [-0.05, 0) is 0 Å². The van der Waals surface area contributed by atoms with Crippen molar-refractivity contribution in [1.82, 2.24) is 13.6 Å². The number of aromatic nitrogens is 1. The van der Waals surface area contributed by atoms with E-state index in [-0.39, 0.29) is 11.5 Å². The average Bonchev–Trinajstić information content (AvgIpc) is 2.88. The zero-order valence-electron chi connectivity index (χ0n) is 13.2. The Morgan fingerprint density at radius 3 is 2.62 bits per heavy atom. The van der Waals surface area contributed by atoms with Crippen LogP contribution in [0.1, 0.15) is 37.6 Å². The second-order valence-corrected chi connectivity index (χ2v) is 9.36. The monoisotopic (exact) mass is 333 g/mol. The van der Waals surface area contributed by atoms with Gasteiger partial charge in [-0.25, -0.2) is 4.98 Å². The highest BCUT2D eigenvalue weighted by Gasteiger charge is 2.33. The molecule has 1 fully saturated rings. The van der Waals surface area contributed by atoms with Crippen LogP contribution in [0.4, 0.5) is 0 Å². The second kappa shape index (κ2) is 5.92. The summed E-state index contributed by atoms with van der Waals surface area (Å²) in [4.78, 5) is 4.62. The molecule has 1 unspecified atom stereocenters. The fourth-order valence-corrected chi connectivity index (χ4v) is 4.17. The maximum atomic E-state index is 12.2. The fourth-order valence-electron chi connectivity index (χ4n) is 2.00. The van der Waals surface area contributed by atoms with Crippen molar-refractivity contribution < 1.29 is 13.2 Å². The van der Waals surface area contributed by atoms with Gasteiger partial charge in [0.15, 0.2) is 0 Å². The summed E-state index contributed by atoms with van der Waals surface area (Å²) in [7, 11) is -0.314. The molecule has 21 heavy (non-hydrogen) atoms. The van der Waals surface area contributed by atoms with Crippen LogP contribution in [0.2, 0.25) is 0 Å². The molecular weight excluding hydrogens is 310 g/mol. The molecule has 1 aliphatic rings. The summed E-state index contributed by atoms with van der Waals surface area (Å²) in [5.74, 6) is 0. The van der Waals surface area contributed by atoms with Gasteiger partial charge in [0.2, 0.25) is 0 Å². The van der Waals surface area contributed by atoms with Crippen molar-refractivity contribution in [3.05, 3.63) is 16.1 Å². The first-order valence-corrected chi connectivity index (χ1v) is 9.15. The molecule has 2 heterocycles. The van der Waals surface area contributed by atoms with Gasteiger partial charge in [0.05, 0.1) is 12.3 Å². The summed E-state index contributed by atoms with van der Waals surface area (Å²) in [6.07, 6.45) is -0.283. The Bertz CT molecular complexity index is 590. The lowest BCUT2D eigenvalue weighted by Crippen LogP contribution is -2.47. The SMILES string of the molecule is CN(C)S(=O)(=O)N1CCOC(c2nc(C(C)(C)C)cs2)C1. The summed E-state index contributed by atoms with van der Waals surface area (Å²) in [6, 6.07) is 0. The number of thiazole rings is 1. The van der Waals surface area contributed by atoms with Crippen molar-refractivity contribution in [3.8, 4) is 0 Å². The number of hydrogen-bond donors (Lipinski definition) is 0. The van der Waals surface area contributed by atoms with Gasteiger partial charge in [0.25, 0.3) is 10.2 Å². The van der Waals surface area contributed by atoms with E-state index >= 15 is 0 Å². The smallest absolute Gasteiger partial charge is 0.281 e. The Hall–Kier alpha value is -0.540. The van der Waals surface area contributed by atoms with E-state index in [9.17, 15) is 8.42 Å². The molecule has 1 saturated heterocycles. The first-order chi connectivity index (χ1) is 9.62. The lowest BCUT2D eigenvalue weighted by atomic mass is 9.93. The van der Waals surface area contributed by atoms with E-state index in [0.29, 0.717) is 19.7 Å². The maximum Gasteiger partial charge on any atom is 0.281 e. The summed E-state index contributed by atoms with van der Waals surface area (Å²) < 4.78 is 32.8. The molecule has 0 amide bonds. The molecule has 1 atom stereocenters. The molecule has 1 aliphatic heterocycles. The molecule has 1 aromatic rings. The van der Waals surface area contributed by atoms with Crippen LogP contribution in [-0.2, 0) is 20.4 Å². The Morgan fingerprint density at radius 1 is 1.43 bits per heavy atom. The standard InChI is InChI=1S/C13H23N3O3S2/c1-13(2,3)11-9-20-12(14-11)10-8-16(6-7-19-10)21(17,18)15(4)5/h9-10H,6-8H2,1-5H3. The minimum Gasteiger partial charge on any atom is -0.368 e. The van der Waals surface area contributed by atoms with E-state index in [2.05, 4.69) is 25.8 Å². The number of ether oxygens (including phenoxy) is 1. The molecule has 6 nitrogen and oxygen atoms in total. The van der Waals surface area contributed by atoms with Crippen molar-refractivity contribution in [2.75, 3.05) is 33.8 Å². The van der Waals surface area contributed by atoms with Crippen molar-refractivity contribution in [1.29, 1.82) is 0 Å². The van der Waals surface area contributed by atoms with E-state index < -0.39 is 10.2 Å². The van der Waals surface area contributed by atoms with Gasteiger partial charge in [0.1, 0.15) is 11.1 Å². The number of nitrogens with zero attached hydrogens (tertiary/aromatic N) is 3.